The third kappa shape index (κ3) is 3.05. The lowest BCUT2D eigenvalue weighted by atomic mass is 9.80. The van der Waals surface area contributed by atoms with Crippen molar-refractivity contribution in [1.29, 1.82) is 0 Å². The molecule has 0 bridgehead atoms. The van der Waals surface area contributed by atoms with E-state index in [0.717, 1.165) is 22.4 Å². The minimum atomic E-state index is -0.154. The topological polar surface area (TPSA) is 26.0 Å². The summed E-state index contributed by atoms with van der Waals surface area (Å²) in [5.41, 5.74) is 6.78. The summed E-state index contributed by atoms with van der Waals surface area (Å²) in [5.74, 6) is 0.631. The average Bonchev–Trinajstić information content (AvgIpc) is 2.16. The highest BCUT2D eigenvalue weighted by Crippen LogP contribution is 2.30. The van der Waals surface area contributed by atoms with Crippen LogP contribution in [0.25, 0.3) is 0 Å². The van der Waals surface area contributed by atoms with Gasteiger partial charge in [0.15, 0.2) is 0 Å². The van der Waals surface area contributed by atoms with Crippen LogP contribution in [0.15, 0.2) is 22.7 Å². The van der Waals surface area contributed by atoms with Crippen molar-refractivity contribution in [1.82, 2.24) is 0 Å². The molecule has 1 aromatic carbocycles. The van der Waals surface area contributed by atoms with E-state index in [2.05, 4.69) is 15.9 Å². The van der Waals surface area contributed by atoms with E-state index in [1.54, 1.807) is 0 Å². The Kier molecular flexibility index (Phi) is 3.98. The van der Waals surface area contributed by atoms with Crippen LogP contribution in [-0.2, 0) is 6.42 Å². The van der Waals surface area contributed by atoms with Crippen molar-refractivity contribution in [3.63, 3.8) is 0 Å². The maximum Gasteiger partial charge on any atom is 0.127 e. The van der Waals surface area contributed by atoms with Crippen LogP contribution in [0.4, 0.5) is 4.39 Å². The van der Waals surface area contributed by atoms with E-state index in [1.807, 2.05) is 12.1 Å². The quantitative estimate of drug-likeness (QED) is 0.898. The smallest absolute Gasteiger partial charge is 0.127 e. The van der Waals surface area contributed by atoms with Crippen LogP contribution in [0.1, 0.15) is 31.2 Å². The number of halogens is 2. The van der Waals surface area contributed by atoms with Gasteiger partial charge in [-0.05, 0) is 36.5 Å². The Morgan fingerprint density at radius 2 is 2.19 bits per heavy atom. The van der Waals surface area contributed by atoms with Crippen molar-refractivity contribution in [2.24, 2.45) is 11.7 Å². The molecule has 0 saturated heterocycles. The van der Waals surface area contributed by atoms with Gasteiger partial charge in [-0.2, -0.15) is 0 Å². The van der Waals surface area contributed by atoms with E-state index in [1.165, 1.54) is 25.3 Å². The van der Waals surface area contributed by atoms with Crippen LogP contribution >= 0.6 is 15.9 Å². The van der Waals surface area contributed by atoms with Gasteiger partial charge >= 0.3 is 0 Å². The summed E-state index contributed by atoms with van der Waals surface area (Å²) in [6.07, 6.45) is 5.63. The molecule has 88 valence electrons. The zero-order valence-electron chi connectivity index (χ0n) is 9.26. The van der Waals surface area contributed by atoms with Crippen molar-refractivity contribution >= 4 is 15.9 Å². The molecule has 0 aliphatic heterocycles. The molecule has 16 heavy (non-hydrogen) atoms. The molecule has 1 atom stereocenters. The molecule has 0 aromatic heterocycles. The zero-order valence-corrected chi connectivity index (χ0v) is 10.8. The molecule has 2 N–H and O–H groups in total. The number of hydrogen-bond acceptors (Lipinski definition) is 1. The Labute approximate surface area is 104 Å². The molecule has 1 saturated carbocycles. The molecule has 1 aromatic rings. The van der Waals surface area contributed by atoms with Crippen molar-refractivity contribution < 1.29 is 4.39 Å². The molecule has 1 unspecified atom stereocenters. The van der Waals surface area contributed by atoms with Crippen molar-refractivity contribution in [2.75, 3.05) is 0 Å². The number of hydrogen-bond donors (Lipinski definition) is 1. The van der Waals surface area contributed by atoms with Gasteiger partial charge < -0.3 is 5.73 Å². The van der Waals surface area contributed by atoms with Gasteiger partial charge in [-0.3, -0.25) is 0 Å². The van der Waals surface area contributed by atoms with Crippen LogP contribution in [0.5, 0.6) is 0 Å². The van der Waals surface area contributed by atoms with Gasteiger partial charge in [-0.15, -0.1) is 0 Å². The normalized spacial score (nSPS) is 18.2. The minimum Gasteiger partial charge on any atom is -0.327 e. The lowest BCUT2D eigenvalue weighted by Crippen LogP contribution is -2.28. The number of benzene rings is 1. The summed E-state index contributed by atoms with van der Waals surface area (Å²) in [7, 11) is 0. The maximum absolute atomic E-state index is 13.6. The standard InChI is InChI=1S/C13H17BrFN/c14-11-5-4-10(13(15)8-11)7-12(16)6-9-2-1-3-9/h4-5,8-9,12H,1-3,6-7,16H2. The van der Waals surface area contributed by atoms with Crippen molar-refractivity contribution in [3.05, 3.63) is 34.1 Å². The maximum atomic E-state index is 13.6. The van der Waals surface area contributed by atoms with Gasteiger partial charge in [0.05, 0.1) is 0 Å². The number of nitrogens with two attached hydrogens (primary N) is 1. The molecule has 0 radical (unpaired) electrons. The average molecular weight is 286 g/mol. The van der Waals surface area contributed by atoms with E-state index in [-0.39, 0.29) is 11.9 Å². The Bertz CT molecular complexity index is 363. The Morgan fingerprint density at radius 3 is 2.75 bits per heavy atom. The van der Waals surface area contributed by atoms with Gasteiger partial charge in [-0.1, -0.05) is 41.3 Å². The summed E-state index contributed by atoms with van der Waals surface area (Å²) < 4.78 is 14.3. The number of rotatable bonds is 4. The van der Waals surface area contributed by atoms with Gasteiger partial charge in [0.2, 0.25) is 0 Å². The SMILES string of the molecule is NC(Cc1ccc(Br)cc1F)CC1CCC1. The summed E-state index contributed by atoms with van der Waals surface area (Å²) in [4.78, 5) is 0. The molecule has 3 heteroatoms. The van der Waals surface area contributed by atoms with Crippen LogP contribution in [0.2, 0.25) is 0 Å². The molecule has 1 aliphatic carbocycles. The highest BCUT2D eigenvalue weighted by molar-refractivity contribution is 9.10. The Hall–Kier alpha value is -0.410. The third-order valence-electron chi connectivity index (χ3n) is 3.36. The fourth-order valence-corrected chi connectivity index (χ4v) is 2.54. The first-order valence-corrected chi connectivity index (χ1v) is 6.64. The first-order chi connectivity index (χ1) is 7.65. The van der Waals surface area contributed by atoms with Crippen molar-refractivity contribution in [2.45, 2.75) is 38.1 Å². The van der Waals surface area contributed by atoms with Crippen LogP contribution in [0.3, 0.4) is 0 Å². The van der Waals surface area contributed by atoms with Crippen LogP contribution in [-0.4, -0.2) is 6.04 Å². The third-order valence-corrected chi connectivity index (χ3v) is 3.85. The zero-order chi connectivity index (χ0) is 11.5. The van der Waals surface area contributed by atoms with E-state index in [4.69, 9.17) is 5.73 Å². The first-order valence-electron chi connectivity index (χ1n) is 5.84. The van der Waals surface area contributed by atoms with Gasteiger partial charge in [0.25, 0.3) is 0 Å². The first kappa shape index (κ1) is 12.1. The Morgan fingerprint density at radius 1 is 1.44 bits per heavy atom. The van der Waals surface area contributed by atoms with Gasteiger partial charge in [0, 0.05) is 10.5 Å². The van der Waals surface area contributed by atoms with E-state index < -0.39 is 0 Å². The summed E-state index contributed by atoms with van der Waals surface area (Å²) in [5, 5.41) is 0. The molecule has 0 spiro atoms. The minimum absolute atomic E-state index is 0.0981. The van der Waals surface area contributed by atoms with E-state index >= 15 is 0 Å². The van der Waals surface area contributed by atoms with Gasteiger partial charge in [-0.25, -0.2) is 4.39 Å². The van der Waals surface area contributed by atoms with Gasteiger partial charge in [0.1, 0.15) is 5.82 Å². The van der Waals surface area contributed by atoms with Crippen molar-refractivity contribution in [3.8, 4) is 0 Å². The second-order valence-electron chi connectivity index (χ2n) is 4.73. The lowest BCUT2D eigenvalue weighted by Gasteiger charge is -2.28. The molecule has 0 amide bonds. The monoisotopic (exact) mass is 285 g/mol. The Balaban J connectivity index is 1.91. The summed E-state index contributed by atoms with van der Waals surface area (Å²) >= 11 is 3.25. The molecule has 1 nitrogen and oxygen atoms in total. The molecule has 2 rings (SSSR count). The fourth-order valence-electron chi connectivity index (χ4n) is 2.21. The summed E-state index contributed by atoms with van der Waals surface area (Å²) in [6, 6.07) is 5.29. The molecule has 0 heterocycles. The predicted molar refractivity (Wildman–Crippen MR) is 67.7 cm³/mol. The lowest BCUT2D eigenvalue weighted by molar-refractivity contribution is 0.275. The molecule has 1 aliphatic rings. The molecular weight excluding hydrogens is 269 g/mol. The largest absolute Gasteiger partial charge is 0.327 e. The highest BCUT2D eigenvalue weighted by atomic mass is 79.9. The molecule has 1 fully saturated rings. The molecular formula is C13H17BrFN. The highest BCUT2D eigenvalue weighted by Gasteiger charge is 2.20. The predicted octanol–water partition coefficient (Wildman–Crippen LogP) is 3.65. The fraction of sp³-hybridized carbons (Fsp3) is 0.538. The summed E-state index contributed by atoms with van der Waals surface area (Å²) in [6.45, 7) is 0. The van der Waals surface area contributed by atoms with Crippen LogP contribution in [0, 0.1) is 11.7 Å². The second-order valence-corrected chi connectivity index (χ2v) is 5.65. The van der Waals surface area contributed by atoms with E-state index in [0.29, 0.717) is 6.42 Å². The van der Waals surface area contributed by atoms with Crippen LogP contribution < -0.4 is 5.73 Å². The second kappa shape index (κ2) is 5.28. The van der Waals surface area contributed by atoms with E-state index in [9.17, 15) is 4.39 Å².